The van der Waals surface area contributed by atoms with E-state index in [1.165, 1.54) is 10.4 Å². The second kappa shape index (κ2) is 8.39. The fraction of sp³-hybridized carbons (Fsp3) is 0.579. The van der Waals surface area contributed by atoms with Crippen LogP contribution in [0.3, 0.4) is 0 Å². The van der Waals surface area contributed by atoms with Crippen LogP contribution in [-0.2, 0) is 14.8 Å². The van der Waals surface area contributed by atoms with Gasteiger partial charge in [0.2, 0.25) is 10.0 Å². The lowest BCUT2D eigenvalue weighted by atomic mass is 9.90. The molecule has 2 atom stereocenters. The maximum absolute atomic E-state index is 13.0. The molecule has 1 saturated heterocycles. The predicted octanol–water partition coefficient (Wildman–Crippen LogP) is 2.35. The van der Waals surface area contributed by atoms with Crippen molar-refractivity contribution in [3.05, 3.63) is 29.3 Å². The smallest absolute Gasteiger partial charge is 0.308 e. The number of carboxylic acid groups (broad SMARTS) is 1. The van der Waals surface area contributed by atoms with Gasteiger partial charge in [-0.25, -0.2) is 8.42 Å². The molecule has 150 valence electrons. The molecule has 1 aliphatic rings. The zero-order valence-electron chi connectivity index (χ0n) is 16.3. The summed E-state index contributed by atoms with van der Waals surface area (Å²) in [5.74, 6) is -1.84. The summed E-state index contributed by atoms with van der Waals surface area (Å²) in [4.78, 5) is 26.1. The molecule has 8 heteroatoms. The molecule has 1 fully saturated rings. The van der Waals surface area contributed by atoms with E-state index in [4.69, 9.17) is 0 Å². The van der Waals surface area contributed by atoms with Gasteiger partial charge in [-0.2, -0.15) is 4.31 Å². The molecule has 1 heterocycles. The Morgan fingerprint density at radius 3 is 2.44 bits per heavy atom. The van der Waals surface area contributed by atoms with Crippen LogP contribution in [0.2, 0.25) is 0 Å². The van der Waals surface area contributed by atoms with E-state index < -0.39 is 28.0 Å². The van der Waals surface area contributed by atoms with Gasteiger partial charge in [0.25, 0.3) is 5.91 Å². The first kappa shape index (κ1) is 21.4. The van der Waals surface area contributed by atoms with Gasteiger partial charge in [-0.05, 0) is 44.4 Å². The third-order valence-corrected chi connectivity index (χ3v) is 7.52. The van der Waals surface area contributed by atoms with E-state index in [1.807, 2.05) is 0 Å². The highest BCUT2D eigenvalue weighted by atomic mass is 32.2. The highest BCUT2D eigenvalue weighted by Crippen LogP contribution is 2.27. The molecule has 2 rings (SSSR count). The first-order chi connectivity index (χ1) is 12.6. The molecule has 1 N–H and O–H groups in total. The number of sulfonamides is 1. The summed E-state index contributed by atoms with van der Waals surface area (Å²) in [6, 6.07) is 4.22. The third-order valence-electron chi connectivity index (χ3n) is 5.32. The van der Waals surface area contributed by atoms with E-state index in [2.05, 4.69) is 0 Å². The highest BCUT2D eigenvalue weighted by Gasteiger charge is 2.36. The van der Waals surface area contributed by atoms with Crippen molar-refractivity contribution >= 4 is 21.9 Å². The molecule has 1 amide bonds. The van der Waals surface area contributed by atoms with Crippen molar-refractivity contribution in [2.75, 3.05) is 19.6 Å². The minimum atomic E-state index is -3.69. The molecule has 0 bridgehead atoms. The average molecular weight is 397 g/mol. The van der Waals surface area contributed by atoms with Crippen molar-refractivity contribution in [3.8, 4) is 0 Å². The number of aryl methyl sites for hydroxylation is 1. The van der Waals surface area contributed by atoms with Crippen LogP contribution in [-0.4, -0.2) is 60.3 Å². The number of nitrogens with zero attached hydrogens (tertiary/aromatic N) is 2. The standard InChI is InChI=1S/C19H28N2O5S/c1-5-20(6-2)27(25,26)17-12-15(10-9-13(17)3)18(22)21-11-7-8-16(14(21)4)19(23)24/h9-10,12,14,16H,5-8,11H2,1-4H3,(H,23,24)/t14-,16-/m0/s1. The van der Waals surface area contributed by atoms with Crippen molar-refractivity contribution in [3.63, 3.8) is 0 Å². The third kappa shape index (κ3) is 4.16. The Balaban J connectivity index is 2.40. The van der Waals surface area contributed by atoms with Gasteiger partial charge in [0.05, 0.1) is 10.8 Å². The number of aliphatic carboxylic acids is 1. The van der Waals surface area contributed by atoms with E-state index in [9.17, 15) is 23.1 Å². The molecule has 1 aromatic rings. The second-order valence-electron chi connectivity index (χ2n) is 6.90. The molecule has 0 aromatic heterocycles. The van der Waals surface area contributed by atoms with E-state index in [-0.39, 0.29) is 16.4 Å². The van der Waals surface area contributed by atoms with Crippen molar-refractivity contribution in [2.45, 2.75) is 51.5 Å². The Bertz CT molecular complexity index is 817. The lowest BCUT2D eigenvalue weighted by Gasteiger charge is -2.37. The van der Waals surface area contributed by atoms with Crippen molar-refractivity contribution in [1.82, 2.24) is 9.21 Å². The SMILES string of the molecule is CCN(CC)S(=O)(=O)c1cc(C(=O)N2CCC[C@H](C(=O)O)[C@@H]2C)ccc1C. The molecule has 0 spiro atoms. The van der Waals surface area contributed by atoms with Crippen molar-refractivity contribution in [1.29, 1.82) is 0 Å². The summed E-state index contributed by atoms with van der Waals surface area (Å²) >= 11 is 0. The summed E-state index contributed by atoms with van der Waals surface area (Å²) < 4.78 is 27.1. The molecule has 0 unspecified atom stereocenters. The molecular formula is C19H28N2O5S. The first-order valence-corrected chi connectivity index (χ1v) is 10.7. The largest absolute Gasteiger partial charge is 0.481 e. The molecule has 27 heavy (non-hydrogen) atoms. The minimum absolute atomic E-state index is 0.122. The molecule has 0 radical (unpaired) electrons. The number of carboxylic acids is 1. The van der Waals surface area contributed by atoms with Gasteiger partial charge < -0.3 is 10.0 Å². The minimum Gasteiger partial charge on any atom is -0.481 e. The number of benzene rings is 1. The van der Waals surface area contributed by atoms with E-state index in [1.54, 1.807) is 44.7 Å². The number of amides is 1. The second-order valence-corrected chi connectivity index (χ2v) is 8.80. The van der Waals surface area contributed by atoms with Crippen LogP contribution in [0.4, 0.5) is 0 Å². The number of hydrogen-bond acceptors (Lipinski definition) is 4. The molecular weight excluding hydrogens is 368 g/mol. The molecule has 0 saturated carbocycles. The van der Waals surface area contributed by atoms with Gasteiger partial charge in [0, 0.05) is 31.2 Å². The Morgan fingerprint density at radius 1 is 1.26 bits per heavy atom. The number of carbonyl (C=O) groups is 2. The normalized spacial score (nSPS) is 20.7. The summed E-state index contributed by atoms with van der Waals surface area (Å²) in [5.41, 5.74) is 0.845. The van der Waals surface area contributed by atoms with Gasteiger partial charge >= 0.3 is 5.97 Å². The summed E-state index contributed by atoms with van der Waals surface area (Å²) in [5, 5.41) is 9.36. The number of piperidine rings is 1. The molecule has 0 aliphatic carbocycles. The zero-order valence-corrected chi connectivity index (χ0v) is 17.1. The Morgan fingerprint density at radius 2 is 1.89 bits per heavy atom. The maximum atomic E-state index is 13.0. The molecule has 7 nitrogen and oxygen atoms in total. The van der Waals surface area contributed by atoms with Crippen LogP contribution >= 0.6 is 0 Å². The van der Waals surface area contributed by atoms with E-state index in [0.29, 0.717) is 38.0 Å². The van der Waals surface area contributed by atoms with Gasteiger partial charge in [-0.3, -0.25) is 9.59 Å². The lowest BCUT2D eigenvalue weighted by Crippen LogP contribution is -2.49. The fourth-order valence-corrected chi connectivity index (χ4v) is 5.35. The zero-order chi connectivity index (χ0) is 20.4. The predicted molar refractivity (Wildman–Crippen MR) is 102 cm³/mol. The van der Waals surface area contributed by atoms with Crippen LogP contribution in [0.1, 0.15) is 49.5 Å². The summed E-state index contributed by atoms with van der Waals surface area (Å²) in [7, 11) is -3.69. The van der Waals surface area contributed by atoms with Crippen LogP contribution in [0.5, 0.6) is 0 Å². The maximum Gasteiger partial charge on any atom is 0.308 e. The van der Waals surface area contributed by atoms with Crippen LogP contribution < -0.4 is 0 Å². The number of rotatable bonds is 6. The van der Waals surface area contributed by atoms with Gasteiger partial charge in [-0.1, -0.05) is 19.9 Å². The van der Waals surface area contributed by atoms with Crippen LogP contribution in [0.15, 0.2) is 23.1 Å². The van der Waals surface area contributed by atoms with Gasteiger partial charge in [0.15, 0.2) is 0 Å². The number of likely N-dealkylation sites (tertiary alicyclic amines) is 1. The van der Waals surface area contributed by atoms with Crippen LogP contribution in [0, 0.1) is 12.8 Å². The van der Waals surface area contributed by atoms with Gasteiger partial charge in [0.1, 0.15) is 0 Å². The lowest BCUT2D eigenvalue weighted by molar-refractivity contribution is -0.144. The Kier molecular flexibility index (Phi) is 6.64. The average Bonchev–Trinajstić information content (AvgIpc) is 2.62. The topological polar surface area (TPSA) is 95.0 Å². The van der Waals surface area contributed by atoms with Gasteiger partial charge in [-0.15, -0.1) is 0 Å². The van der Waals surface area contributed by atoms with E-state index >= 15 is 0 Å². The molecule has 1 aliphatic heterocycles. The highest BCUT2D eigenvalue weighted by molar-refractivity contribution is 7.89. The summed E-state index contributed by atoms with van der Waals surface area (Å²) in [6.07, 6.45) is 1.15. The first-order valence-electron chi connectivity index (χ1n) is 9.29. The Hall–Kier alpha value is -1.93. The number of carbonyl (C=O) groups excluding carboxylic acids is 1. The number of hydrogen-bond donors (Lipinski definition) is 1. The van der Waals surface area contributed by atoms with Crippen molar-refractivity contribution in [2.24, 2.45) is 5.92 Å². The molecule has 1 aromatic carbocycles. The quantitative estimate of drug-likeness (QED) is 0.796. The van der Waals surface area contributed by atoms with Crippen molar-refractivity contribution < 1.29 is 23.1 Å². The van der Waals surface area contributed by atoms with E-state index in [0.717, 1.165) is 0 Å². The monoisotopic (exact) mass is 396 g/mol. The Labute approximate surface area is 161 Å². The fourth-order valence-electron chi connectivity index (χ4n) is 3.64. The van der Waals surface area contributed by atoms with Crippen LogP contribution in [0.25, 0.3) is 0 Å². The summed E-state index contributed by atoms with van der Waals surface area (Å²) in [6.45, 7) is 8.14.